The topological polar surface area (TPSA) is 62.3 Å². The first-order valence-corrected chi connectivity index (χ1v) is 8.57. The summed E-state index contributed by atoms with van der Waals surface area (Å²) in [5, 5.41) is 3.94. The molecule has 5 nitrogen and oxygen atoms in total. The molecule has 22 heavy (non-hydrogen) atoms. The van der Waals surface area contributed by atoms with Crippen LogP contribution in [0.2, 0.25) is 0 Å². The average Bonchev–Trinajstić information content (AvgIpc) is 2.54. The summed E-state index contributed by atoms with van der Waals surface area (Å²) in [6.45, 7) is 1.73. The fourth-order valence-electron chi connectivity index (χ4n) is 2.82. The highest BCUT2D eigenvalue weighted by Gasteiger charge is 2.30. The number of aromatic nitrogens is 1. The summed E-state index contributed by atoms with van der Waals surface area (Å²) in [6, 6.07) is 8.88. The van der Waals surface area contributed by atoms with Gasteiger partial charge in [0.25, 0.3) is 0 Å². The van der Waals surface area contributed by atoms with Crippen molar-refractivity contribution in [3.63, 3.8) is 0 Å². The van der Waals surface area contributed by atoms with Crippen molar-refractivity contribution in [2.75, 3.05) is 20.1 Å². The van der Waals surface area contributed by atoms with Gasteiger partial charge < -0.3 is 5.32 Å². The zero-order chi connectivity index (χ0) is 14.9. The number of nitrogens with zero attached hydrogens (tertiary/aromatic N) is 2. The Labute approximate surface area is 137 Å². The molecule has 2 aromatic rings. The number of hydrogen-bond donors (Lipinski definition) is 1. The summed E-state index contributed by atoms with van der Waals surface area (Å²) in [7, 11) is -1.82. The number of hydrogen-bond acceptors (Lipinski definition) is 4. The lowest BCUT2D eigenvalue weighted by Crippen LogP contribution is -2.43. The molecule has 1 aliphatic heterocycles. The van der Waals surface area contributed by atoms with Crippen LogP contribution in [0, 0.1) is 0 Å². The standard InChI is InChI=1S/C15H19N3O2S.ClH/c1-18(12-7-10-16-11-8-12)21(19,20)15-6-2-5-14-13(15)4-3-9-17-14;/h2-6,9,12,16H,7-8,10-11H2,1H3;1H. The molecule has 1 N–H and O–H groups in total. The SMILES string of the molecule is CN(C1CCNCC1)S(=O)(=O)c1cccc2ncccc12.Cl. The second kappa shape index (κ2) is 6.91. The fraction of sp³-hybridized carbons (Fsp3) is 0.400. The maximum atomic E-state index is 12.9. The van der Waals surface area contributed by atoms with Crippen LogP contribution >= 0.6 is 12.4 Å². The van der Waals surface area contributed by atoms with Crippen LogP contribution in [-0.4, -0.2) is 43.9 Å². The Bertz CT molecular complexity index is 740. The van der Waals surface area contributed by atoms with Crippen LogP contribution in [0.1, 0.15) is 12.8 Å². The fourth-order valence-corrected chi connectivity index (χ4v) is 4.44. The van der Waals surface area contributed by atoms with E-state index in [9.17, 15) is 8.42 Å². The molecule has 1 saturated heterocycles. The van der Waals surface area contributed by atoms with Gasteiger partial charge in [0.05, 0.1) is 10.4 Å². The van der Waals surface area contributed by atoms with Gasteiger partial charge in [-0.15, -0.1) is 12.4 Å². The van der Waals surface area contributed by atoms with Gasteiger partial charge in [-0.25, -0.2) is 8.42 Å². The van der Waals surface area contributed by atoms with Crippen LogP contribution in [0.15, 0.2) is 41.4 Å². The van der Waals surface area contributed by atoms with Crippen molar-refractivity contribution in [1.82, 2.24) is 14.6 Å². The summed E-state index contributed by atoms with van der Waals surface area (Å²) < 4.78 is 27.4. The van der Waals surface area contributed by atoms with E-state index >= 15 is 0 Å². The van der Waals surface area contributed by atoms with E-state index in [4.69, 9.17) is 0 Å². The van der Waals surface area contributed by atoms with Crippen LogP contribution in [0.25, 0.3) is 10.9 Å². The Balaban J connectivity index is 0.00000176. The highest BCUT2D eigenvalue weighted by atomic mass is 35.5. The van der Waals surface area contributed by atoms with Gasteiger partial charge in [-0.1, -0.05) is 6.07 Å². The molecule has 3 rings (SSSR count). The van der Waals surface area contributed by atoms with E-state index < -0.39 is 10.0 Å². The van der Waals surface area contributed by atoms with Crippen LogP contribution in [0.4, 0.5) is 0 Å². The zero-order valence-corrected chi connectivity index (χ0v) is 14.0. The third-order valence-corrected chi connectivity index (χ3v) is 6.05. The second-order valence-corrected chi connectivity index (χ2v) is 7.29. The van der Waals surface area contributed by atoms with Gasteiger partial charge in [-0.05, 0) is 50.2 Å². The van der Waals surface area contributed by atoms with Crippen molar-refractivity contribution in [2.45, 2.75) is 23.8 Å². The van der Waals surface area contributed by atoms with Crippen LogP contribution in [-0.2, 0) is 10.0 Å². The van der Waals surface area contributed by atoms with Gasteiger partial charge in [0, 0.05) is 24.7 Å². The molecule has 1 aromatic heterocycles. The summed E-state index contributed by atoms with van der Waals surface area (Å²) in [5.41, 5.74) is 0.706. The van der Waals surface area contributed by atoms with Crippen LogP contribution in [0.3, 0.4) is 0 Å². The third kappa shape index (κ3) is 3.10. The Morgan fingerprint density at radius 1 is 1.18 bits per heavy atom. The predicted octanol–water partition coefficient (Wildman–Crippen LogP) is 2.03. The first kappa shape index (κ1) is 17.1. The molecule has 0 aliphatic carbocycles. The number of fused-ring (bicyclic) bond motifs is 1. The molecule has 0 saturated carbocycles. The molecule has 0 amide bonds. The first-order chi connectivity index (χ1) is 10.1. The number of piperidine rings is 1. The highest BCUT2D eigenvalue weighted by molar-refractivity contribution is 7.89. The van der Waals surface area contributed by atoms with E-state index in [0.29, 0.717) is 15.8 Å². The van der Waals surface area contributed by atoms with Gasteiger partial charge in [-0.3, -0.25) is 4.98 Å². The number of sulfonamides is 1. The molecule has 1 aliphatic rings. The maximum Gasteiger partial charge on any atom is 0.243 e. The van der Waals surface area contributed by atoms with Crippen molar-refractivity contribution in [2.24, 2.45) is 0 Å². The van der Waals surface area contributed by atoms with Gasteiger partial charge in [0.2, 0.25) is 10.0 Å². The Hall–Kier alpha value is -1.21. The van der Waals surface area contributed by atoms with E-state index in [1.54, 1.807) is 31.4 Å². The monoisotopic (exact) mass is 341 g/mol. The molecule has 1 aromatic carbocycles. The van der Waals surface area contributed by atoms with Gasteiger partial charge >= 0.3 is 0 Å². The summed E-state index contributed by atoms with van der Waals surface area (Å²) in [6.07, 6.45) is 3.37. The van der Waals surface area contributed by atoms with Crippen molar-refractivity contribution in [3.8, 4) is 0 Å². The third-order valence-electron chi connectivity index (χ3n) is 4.09. The minimum Gasteiger partial charge on any atom is -0.317 e. The Morgan fingerprint density at radius 3 is 2.64 bits per heavy atom. The molecule has 0 atom stereocenters. The Morgan fingerprint density at radius 2 is 1.91 bits per heavy atom. The highest BCUT2D eigenvalue weighted by Crippen LogP contribution is 2.26. The number of pyridine rings is 1. The van der Waals surface area contributed by atoms with E-state index in [0.717, 1.165) is 25.9 Å². The molecule has 7 heteroatoms. The first-order valence-electron chi connectivity index (χ1n) is 7.13. The summed E-state index contributed by atoms with van der Waals surface area (Å²) in [4.78, 5) is 4.58. The summed E-state index contributed by atoms with van der Waals surface area (Å²) >= 11 is 0. The molecule has 0 radical (unpaired) electrons. The zero-order valence-electron chi connectivity index (χ0n) is 12.4. The molecule has 0 bridgehead atoms. The number of nitrogens with one attached hydrogen (secondary N) is 1. The lowest BCUT2D eigenvalue weighted by molar-refractivity contribution is 0.296. The predicted molar refractivity (Wildman–Crippen MR) is 89.8 cm³/mol. The number of benzene rings is 1. The average molecular weight is 342 g/mol. The molecule has 0 spiro atoms. The molecular weight excluding hydrogens is 322 g/mol. The van der Waals surface area contributed by atoms with Gasteiger partial charge in [0.1, 0.15) is 0 Å². The van der Waals surface area contributed by atoms with E-state index in [1.807, 2.05) is 12.1 Å². The van der Waals surface area contributed by atoms with Crippen molar-refractivity contribution in [1.29, 1.82) is 0 Å². The lowest BCUT2D eigenvalue weighted by atomic mass is 10.1. The van der Waals surface area contributed by atoms with Crippen LogP contribution in [0.5, 0.6) is 0 Å². The van der Waals surface area contributed by atoms with E-state index in [-0.39, 0.29) is 18.4 Å². The summed E-state index contributed by atoms with van der Waals surface area (Å²) in [5.74, 6) is 0. The molecule has 1 fully saturated rings. The maximum absolute atomic E-state index is 12.9. The lowest BCUT2D eigenvalue weighted by Gasteiger charge is -2.31. The van der Waals surface area contributed by atoms with Crippen molar-refractivity contribution < 1.29 is 8.42 Å². The minimum absolute atomic E-state index is 0. The van der Waals surface area contributed by atoms with Crippen molar-refractivity contribution in [3.05, 3.63) is 36.5 Å². The van der Waals surface area contributed by atoms with Gasteiger partial charge in [0.15, 0.2) is 0 Å². The van der Waals surface area contributed by atoms with Crippen LogP contribution < -0.4 is 5.32 Å². The van der Waals surface area contributed by atoms with Gasteiger partial charge in [-0.2, -0.15) is 4.31 Å². The largest absolute Gasteiger partial charge is 0.317 e. The molecule has 2 heterocycles. The normalized spacial score (nSPS) is 16.6. The minimum atomic E-state index is -3.50. The smallest absolute Gasteiger partial charge is 0.243 e. The number of rotatable bonds is 3. The molecule has 0 unspecified atom stereocenters. The second-order valence-electron chi connectivity index (χ2n) is 5.33. The number of halogens is 1. The van der Waals surface area contributed by atoms with E-state index in [2.05, 4.69) is 10.3 Å². The Kier molecular flexibility index (Phi) is 5.39. The molecule has 120 valence electrons. The molecular formula is C15H20ClN3O2S. The van der Waals surface area contributed by atoms with E-state index in [1.165, 1.54) is 4.31 Å². The quantitative estimate of drug-likeness (QED) is 0.928. The van der Waals surface area contributed by atoms with Crippen molar-refractivity contribution >= 4 is 33.3 Å².